The van der Waals surface area contributed by atoms with Gasteiger partial charge in [0, 0.05) is 11.1 Å². The third-order valence-electron chi connectivity index (χ3n) is 2.97. The molecule has 0 spiro atoms. The first kappa shape index (κ1) is 15.6. The Bertz CT molecular complexity index is 789. The van der Waals surface area contributed by atoms with Crippen molar-refractivity contribution in [2.24, 2.45) is 0 Å². The van der Waals surface area contributed by atoms with Gasteiger partial charge in [-0.15, -0.1) is 11.3 Å². The maximum Gasteiger partial charge on any atom is 0.241 e. The monoisotopic (exact) mass is 321 g/mol. The predicted octanol–water partition coefficient (Wildman–Crippen LogP) is 2.36. The Kier molecular flexibility index (Phi) is 4.73. The third-order valence-corrected chi connectivity index (χ3v) is 5.65. The molecule has 5 nitrogen and oxygen atoms in total. The fourth-order valence-corrected chi connectivity index (χ4v) is 3.94. The third kappa shape index (κ3) is 3.67. The fourth-order valence-electron chi connectivity index (χ4n) is 1.79. The van der Waals surface area contributed by atoms with Gasteiger partial charge >= 0.3 is 0 Å². The van der Waals surface area contributed by atoms with Crippen LogP contribution in [0.15, 0.2) is 29.3 Å². The summed E-state index contributed by atoms with van der Waals surface area (Å²) >= 11 is 1.49. The van der Waals surface area contributed by atoms with Crippen LogP contribution in [-0.2, 0) is 23.0 Å². The number of sulfonamides is 1. The molecular formula is C14H15N3O2S2. The molecule has 2 rings (SSSR count). The van der Waals surface area contributed by atoms with Gasteiger partial charge in [0.2, 0.25) is 10.0 Å². The summed E-state index contributed by atoms with van der Waals surface area (Å²) in [5.41, 5.74) is 0.929. The summed E-state index contributed by atoms with van der Waals surface area (Å²) in [5, 5.41) is 9.61. The molecule has 0 aliphatic carbocycles. The first-order chi connectivity index (χ1) is 9.96. The summed E-state index contributed by atoms with van der Waals surface area (Å²) in [4.78, 5) is 5.43. The van der Waals surface area contributed by atoms with Gasteiger partial charge in [-0.25, -0.2) is 18.1 Å². The second kappa shape index (κ2) is 6.35. The van der Waals surface area contributed by atoms with Crippen molar-refractivity contribution < 1.29 is 8.42 Å². The lowest BCUT2D eigenvalue weighted by Crippen LogP contribution is -2.24. The molecular weight excluding hydrogens is 306 g/mol. The topological polar surface area (TPSA) is 82.8 Å². The van der Waals surface area contributed by atoms with Crippen molar-refractivity contribution in [2.75, 3.05) is 0 Å². The lowest BCUT2D eigenvalue weighted by molar-refractivity contribution is 0.580. The van der Waals surface area contributed by atoms with Crippen LogP contribution in [0.3, 0.4) is 0 Å². The zero-order valence-electron chi connectivity index (χ0n) is 11.8. The number of thiazole rings is 1. The van der Waals surface area contributed by atoms with Gasteiger partial charge in [0.15, 0.2) is 0 Å². The number of hydrogen-bond donors (Lipinski definition) is 1. The molecule has 0 aliphatic heterocycles. The maximum atomic E-state index is 12.3. The average Bonchev–Trinajstić information content (AvgIpc) is 2.94. The van der Waals surface area contributed by atoms with Crippen molar-refractivity contribution in [3.63, 3.8) is 0 Å². The number of aromatic nitrogens is 1. The molecule has 1 aromatic carbocycles. The molecule has 0 atom stereocenters. The molecule has 0 aliphatic rings. The number of nitriles is 1. The minimum atomic E-state index is -3.65. The van der Waals surface area contributed by atoms with E-state index < -0.39 is 10.0 Å². The van der Waals surface area contributed by atoms with Crippen LogP contribution in [0.5, 0.6) is 0 Å². The van der Waals surface area contributed by atoms with Gasteiger partial charge in [-0.2, -0.15) is 5.26 Å². The Balaban J connectivity index is 2.20. The lowest BCUT2D eigenvalue weighted by atomic mass is 10.2. The molecule has 0 amide bonds. The Morgan fingerprint density at radius 2 is 2.19 bits per heavy atom. The molecule has 0 fully saturated rings. The van der Waals surface area contributed by atoms with Gasteiger partial charge in [-0.1, -0.05) is 13.0 Å². The summed E-state index contributed by atoms with van der Waals surface area (Å²) in [6.45, 7) is 3.88. The zero-order valence-corrected chi connectivity index (χ0v) is 13.4. The number of rotatable bonds is 5. The van der Waals surface area contributed by atoms with Gasteiger partial charge in [0.05, 0.1) is 23.1 Å². The smallest absolute Gasteiger partial charge is 0.241 e. The molecule has 2 aromatic rings. The Morgan fingerprint density at radius 1 is 1.43 bits per heavy atom. The van der Waals surface area contributed by atoms with Gasteiger partial charge in [-0.05, 0) is 31.0 Å². The van der Waals surface area contributed by atoms with Crippen LogP contribution in [0.2, 0.25) is 0 Å². The van der Waals surface area contributed by atoms with E-state index in [2.05, 4.69) is 9.71 Å². The summed E-state index contributed by atoms with van der Waals surface area (Å²) < 4.78 is 27.2. The molecule has 21 heavy (non-hydrogen) atoms. The van der Waals surface area contributed by atoms with Gasteiger partial charge in [0.1, 0.15) is 5.01 Å². The number of benzene rings is 1. The molecule has 7 heteroatoms. The highest BCUT2D eigenvalue weighted by molar-refractivity contribution is 7.89. The minimum Gasteiger partial charge on any atom is -0.248 e. The molecule has 0 saturated heterocycles. The fraction of sp³-hybridized carbons (Fsp3) is 0.286. The predicted molar refractivity (Wildman–Crippen MR) is 81.4 cm³/mol. The summed E-state index contributed by atoms with van der Waals surface area (Å²) in [5.74, 6) is 0. The summed E-state index contributed by atoms with van der Waals surface area (Å²) in [6, 6.07) is 6.57. The normalized spacial score (nSPS) is 11.3. The number of nitrogens with zero attached hydrogens (tertiary/aromatic N) is 2. The molecule has 0 radical (unpaired) electrons. The van der Waals surface area contributed by atoms with Crippen LogP contribution in [0.25, 0.3) is 0 Å². The van der Waals surface area contributed by atoms with Crippen molar-refractivity contribution in [3.8, 4) is 6.07 Å². The maximum absolute atomic E-state index is 12.3. The van der Waals surface area contributed by atoms with Crippen molar-refractivity contribution in [3.05, 3.63) is 45.4 Å². The molecule has 1 heterocycles. The highest BCUT2D eigenvalue weighted by atomic mass is 32.2. The van der Waals surface area contributed by atoms with E-state index in [4.69, 9.17) is 5.26 Å². The van der Waals surface area contributed by atoms with Crippen molar-refractivity contribution in [1.82, 2.24) is 9.71 Å². The standard InChI is InChI=1S/C14H15N3O2S2/c1-3-12-8-16-14(20-12)9-17-21(18,19)13-6-11(7-15)5-4-10(13)2/h4-6,8,17H,3,9H2,1-2H3. The van der Waals surface area contributed by atoms with Crippen LogP contribution in [-0.4, -0.2) is 13.4 Å². The number of hydrogen-bond acceptors (Lipinski definition) is 5. The van der Waals surface area contributed by atoms with Gasteiger partial charge < -0.3 is 0 Å². The van der Waals surface area contributed by atoms with E-state index in [-0.39, 0.29) is 11.4 Å². The van der Waals surface area contributed by atoms with Crippen LogP contribution in [0.1, 0.15) is 27.9 Å². The van der Waals surface area contributed by atoms with Gasteiger partial charge in [0.25, 0.3) is 0 Å². The quantitative estimate of drug-likeness (QED) is 0.916. The highest BCUT2D eigenvalue weighted by Gasteiger charge is 2.17. The van der Waals surface area contributed by atoms with Crippen molar-refractivity contribution in [2.45, 2.75) is 31.7 Å². The summed E-state index contributed by atoms with van der Waals surface area (Å²) in [6.07, 6.45) is 2.64. The first-order valence-corrected chi connectivity index (χ1v) is 8.70. The van der Waals surface area contributed by atoms with E-state index in [1.807, 2.05) is 13.0 Å². The molecule has 0 unspecified atom stereocenters. The van der Waals surface area contributed by atoms with E-state index in [9.17, 15) is 8.42 Å². The second-order valence-corrected chi connectivity index (χ2v) is 7.43. The Hall–Kier alpha value is -1.75. The number of aryl methyl sites for hydroxylation is 2. The molecule has 0 bridgehead atoms. The molecule has 110 valence electrons. The van der Waals surface area contributed by atoms with Crippen LogP contribution < -0.4 is 4.72 Å². The lowest BCUT2D eigenvalue weighted by Gasteiger charge is -2.08. The molecule has 1 N–H and O–H groups in total. The largest absolute Gasteiger partial charge is 0.248 e. The van der Waals surface area contributed by atoms with E-state index in [0.29, 0.717) is 11.1 Å². The molecule has 1 aromatic heterocycles. The highest BCUT2D eigenvalue weighted by Crippen LogP contribution is 2.18. The van der Waals surface area contributed by atoms with E-state index in [1.54, 1.807) is 25.3 Å². The van der Waals surface area contributed by atoms with E-state index in [0.717, 1.165) is 16.3 Å². The second-order valence-electron chi connectivity index (χ2n) is 4.49. The Labute approximate surface area is 128 Å². The van der Waals surface area contributed by atoms with Gasteiger partial charge in [-0.3, -0.25) is 0 Å². The summed E-state index contributed by atoms with van der Waals surface area (Å²) in [7, 11) is -3.65. The average molecular weight is 321 g/mol. The van der Waals surface area contributed by atoms with E-state index in [1.165, 1.54) is 17.4 Å². The van der Waals surface area contributed by atoms with Crippen LogP contribution in [0.4, 0.5) is 0 Å². The first-order valence-electron chi connectivity index (χ1n) is 6.40. The van der Waals surface area contributed by atoms with Crippen molar-refractivity contribution >= 4 is 21.4 Å². The van der Waals surface area contributed by atoms with Crippen LogP contribution >= 0.6 is 11.3 Å². The Morgan fingerprint density at radius 3 is 2.81 bits per heavy atom. The SMILES string of the molecule is CCc1cnc(CNS(=O)(=O)c2cc(C#N)ccc2C)s1. The van der Waals surface area contributed by atoms with Crippen LogP contribution in [0, 0.1) is 18.3 Å². The zero-order chi connectivity index (χ0) is 15.5. The van der Waals surface area contributed by atoms with E-state index >= 15 is 0 Å². The van der Waals surface area contributed by atoms with Crippen molar-refractivity contribution in [1.29, 1.82) is 5.26 Å². The molecule has 0 saturated carbocycles. The minimum absolute atomic E-state index is 0.133. The number of nitrogens with one attached hydrogen (secondary N) is 1.